The van der Waals surface area contributed by atoms with Gasteiger partial charge in [0.2, 0.25) is 11.8 Å². The minimum atomic E-state index is -0.321. The molecule has 2 rings (SSSR count). The number of hydrogen-bond acceptors (Lipinski definition) is 5. The quantitative estimate of drug-likeness (QED) is 0.498. The fraction of sp³-hybridized carbons (Fsp3) is 0.500. The molecule has 2 aromatic rings. The van der Waals surface area contributed by atoms with Gasteiger partial charge in [0, 0.05) is 11.6 Å². The van der Waals surface area contributed by atoms with Crippen molar-refractivity contribution in [2.75, 3.05) is 5.75 Å². The number of halogens is 1. The van der Waals surface area contributed by atoms with Crippen molar-refractivity contribution in [1.29, 1.82) is 0 Å². The molecule has 1 amide bonds. The Kier molecular flexibility index (Phi) is 7.91. The molecule has 0 aliphatic heterocycles. The molecular formula is C18H24FN3O2S. The maximum absolute atomic E-state index is 12.9. The van der Waals surface area contributed by atoms with E-state index in [4.69, 9.17) is 4.42 Å². The van der Waals surface area contributed by atoms with Gasteiger partial charge in [-0.15, -0.1) is 10.2 Å². The molecule has 5 nitrogen and oxygen atoms in total. The van der Waals surface area contributed by atoms with Gasteiger partial charge in [0.15, 0.2) is 0 Å². The first kappa shape index (κ1) is 19.4. The SMILES string of the molecule is CCCCCC[C@@H](C)NC(=O)CSc1nnc(-c2ccc(F)cc2)o1. The van der Waals surface area contributed by atoms with Crippen LogP contribution in [0.2, 0.25) is 0 Å². The topological polar surface area (TPSA) is 68.0 Å². The molecule has 0 aliphatic carbocycles. The number of carbonyl (C=O) groups excluding carboxylic acids is 1. The number of unbranched alkanes of at least 4 members (excludes halogenated alkanes) is 3. The zero-order chi connectivity index (χ0) is 18.1. The Labute approximate surface area is 151 Å². The lowest BCUT2D eigenvalue weighted by Crippen LogP contribution is -2.33. The largest absolute Gasteiger partial charge is 0.411 e. The van der Waals surface area contributed by atoms with Gasteiger partial charge in [-0.05, 0) is 37.6 Å². The molecule has 1 heterocycles. The molecule has 1 aromatic carbocycles. The van der Waals surface area contributed by atoms with E-state index in [2.05, 4.69) is 22.4 Å². The number of nitrogens with zero attached hydrogens (tertiary/aromatic N) is 2. The van der Waals surface area contributed by atoms with E-state index in [1.165, 1.54) is 43.2 Å². The van der Waals surface area contributed by atoms with Gasteiger partial charge in [0.05, 0.1) is 5.75 Å². The van der Waals surface area contributed by atoms with Crippen LogP contribution in [0.3, 0.4) is 0 Å². The van der Waals surface area contributed by atoms with Crippen LogP contribution < -0.4 is 5.32 Å². The number of benzene rings is 1. The number of rotatable bonds is 10. The summed E-state index contributed by atoms with van der Waals surface area (Å²) in [7, 11) is 0. The molecule has 7 heteroatoms. The second kappa shape index (κ2) is 10.2. The molecule has 0 saturated heterocycles. The van der Waals surface area contributed by atoms with Crippen molar-refractivity contribution >= 4 is 17.7 Å². The number of nitrogens with one attached hydrogen (secondary N) is 1. The van der Waals surface area contributed by atoms with Crippen molar-refractivity contribution < 1.29 is 13.6 Å². The van der Waals surface area contributed by atoms with Gasteiger partial charge in [0.1, 0.15) is 5.82 Å². The second-order valence-electron chi connectivity index (χ2n) is 5.99. The molecular weight excluding hydrogens is 341 g/mol. The highest BCUT2D eigenvalue weighted by Crippen LogP contribution is 2.23. The maximum atomic E-state index is 12.9. The summed E-state index contributed by atoms with van der Waals surface area (Å²) >= 11 is 1.19. The molecule has 136 valence electrons. The molecule has 0 radical (unpaired) electrons. The van der Waals surface area contributed by atoms with Crippen molar-refractivity contribution in [2.45, 2.75) is 57.2 Å². The highest BCUT2D eigenvalue weighted by atomic mass is 32.2. The molecule has 0 bridgehead atoms. The molecule has 0 unspecified atom stereocenters. The predicted molar refractivity (Wildman–Crippen MR) is 96.8 cm³/mol. The van der Waals surface area contributed by atoms with Crippen LogP contribution in [-0.2, 0) is 4.79 Å². The monoisotopic (exact) mass is 365 g/mol. The molecule has 0 aliphatic rings. The van der Waals surface area contributed by atoms with Crippen LogP contribution in [0, 0.1) is 5.82 Å². The smallest absolute Gasteiger partial charge is 0.277 e. The van der Waals surface area contributed by atoms with Crippen molar-refractivity contribution in [3.8, 4) is 11.5 Å². The summed E-state index contributed by atoms with van der Waals surface area (Å²) in [6, 6.07) is 5.99. The zero-order valence-electron chi connectivity index (χ0n) is 14.6. The molecule has 0 saturated carbocycles. The lowest BCUT2D eigenvalue weighted by Gasteiger charge is -2.13. The van der Waals surface area contributed by atoms with Crippen LogP contribution >= 0.6 is 11.8 Å². The average Bonchev–Trinajstić information content (AvgIpc) is 3.06. The van der Waals surface area contributed by atoms with Gasteiger partial charge < -0.3 is 9.73 Å². The van der Waals surface area contributed by atoms with E-state index < -0.39 is 0 Å². The van der Waals surface area contributed by atoms with Crippen molar-refractivity contribution in [2.24, 2.45) is 0 Å². The van der Waals surface area contributed by atoms with Crippen molar-refractivity contribution in [3.05, 3.63) is 30.1 Å². The number of hydrogen-bond donors (Lipinski definition) is 1. The third-order valence-corrected chi connectivity index (χ3v) is 4.54. The molecule has 1 N–H and O–H groups in total. The molecule has 0 spiro atoms. The Hall–Kier alpha value is -1.89. The van der Waals surface area contributed by atoms with Gasteiger partial charge in [0.25, 0.3) is 5.22 Å². The highest BCUT2D eigenvalue weighted by molar-refractivity contribution is 7.99. The van der Waals surface area contributed by atoms with Crippen LogP contribution in [0.5, 0.6) is 0 Å². The second-order valence-corrected chi connectivity index (χ2v) is 6.91. The Morgan fingerprint density at radius 1 is 1.24 bits per heavy atom. The minimum Gasteiger partial charge on any atom is -0.411 e. The summed E-state index contributed by atoms with van der Waals surface area (Å²) < 4.78 is 18.4. The van der Waals surface area contributed by atoms with Crippen LogP contribution in [-0.4, -0.2) is 27.9 Å². The number of carbonyl (C=O) groups is 1. The van der Waals surface area contributed by atoms with E-state index in [0.29, 0.717) is 16.7 Å². The summed E-state index contributed by atoms with van der Waals surface area (Å²) in [5.74, 6) is 0.171. The fourth-order valence-corrected chi connectivity index (χ4v) is 2.94. The van der Waals surface area contributed by atoms with E-state index in [1.807, 2.05) is 6.92 Å². The highest BCUT2D eigenvalue weighted by Gasteiger charge is 2.12. The zero-order valence-corrected chi connectivity index (χ0v) is 15.4. The summed E-state index contributed by atoms with van der Waals surface area (Å²) in [6.45, 7) is 4.20. The number of thioether (sulfide) groups is 1. The summed E-state index contributed by atoms with van der Waals surface area (Å²) in [6.07, 6.45) is 5.78. The lowest BCUT2D eigenvalue weighted by atomic mass is 10.1. The van der Waals surface area contributed by atoms with E-state index in [9.17, 15) is 9.18 Å². The third-order valence-electron chi connectivity index (χ3n) is 3.72. The van der Waals surface area contributed by atoms with Crippen molar-refractivity contribution in [3.63, 3.8) is 0 Å². The van der Waals surface area contributed by atoms with Gasteiger partial charge in [-0.25, -0.2) is 4.39 Å². The van der Waals surface area contributed by atoms with Crippen LogP contribution in [0.25, 0.3) is 11.5 Å². The van der Waals surface area contributed by atoms with Crippen LogP contribution in [0.1, 0.15) is 46.0 Å². The van der Waals surface area contributed by atoms with E-state index in [1.54, 1.807) is 12.1 Å². The summed E-state index contributed by atoms with van der Waals surface area (Å²) in [5, 5.41) is 11.1. The van der Waals surface area contributed by atoms with Crippen LogP contribution in [0.15, 0.2) is 33.9 Å². The average molecular weight is 365 g/mol. The third kappa shape index (κ3) is 6.86. The summed E-state index contributed by atoms with van der Waals surface area (Å²) in [4.78, 5) is 12.0. The van der Waals surface area contributed by atoms with Gasteiger partial charge in [-0.2, -0.15) is 0 Å². The fourth-order valence-electron chi connectivity index (χ4n) is 2.37. The van der Waals surface area contributed by atoms with E-state index in [-0.39, 0.29) is 23.5 Å². The van der Waals surface area contributed by atoms with Gasteiger partial charge in [-0.3, -0.25) is 4.79 Å². The predicted octanol–water partition coefficient (Wildman–Crippen LogP) is 4.44. The standard InChI is InChI=1S/C18H24FN3O2S/c1-3-4-5-6-7-13(2)20-16(23)12-25-18-22-21-17(24-18)14-8-10-15(19)11-9-14/h8-11,13H,3-7,12H2,1-2H3,(H,20,23)/t13-/m1/s1. The lowest BCUT2D eigenvalue weighted by molar-refractivity contribution is -0.119. The molecule has 1 atom stereocenters. The maximum Gasteiger partial charge on any atom is 0.277 e. The molecule has 0 fully saturated rings. The van der Waals surface area contributed by atoms with E-state index in [0.717, 1.165) is 12.8 Å². The van der Waals surface area contributed by atoms with Crippen molar-refractivity contribution in [1.82, 2.24) is 15.5 Å². The first-order chi connectivity index (χ1) is 12.1. The number of amides is 1. The van der Waals surface area contributed by atoms with E-state index >= 15 is 0 Å². The Balaban J connectivity index is 1.74. The Morgan fingerprint density at radius 3 is 2.72 bits per heavy atom. The Morgan fingerprint density at radius 2 is 2.00 bits per heavy atom. The van der Waals surface area contributed by atoms with Gasteiger partial charge in [-0.1, -0.05) is 44.4 Å². The van der Waals surface area contributed by atoms with Gasteiger partial charge >= 0.3 is 0 Å². The van der Waals surface area contributed by atoms with Crippen LogP contribution in [0.4, 0.5) is 4.39 Å². The number of aromatic nitrogens is 2. The first-order valence-corrected chi connectivity index (χ1v) is 9.58. The molecule has 25 heavy (non-hydrogen) atoms. The molecule has 1 aromatic heterocycles. The minimum absolute atomic E-state index is 0.0467. The summed E-state index contributed by atoms with van der Waals surface area (Å²) in [5.41, 5.74) is 0.644. The first-order valence-electron chi connectivity index (χ1n) is 8.60. The Bertz CT molecular complexity index is 661. The normalized spacial score (nSPS) is 12.1.